The Balaban J connectivity index is 3.14. The number of nitrogens with two attached hydrogens (primary N) is 1. The lowest BCUT2D eigenvalue weighted by atomic mass is 10.1. The van der Waals surface area contributed by atoms with Gasteiger partial charge in [0.15, 0.2) is 0 Å². The minimum Gasteiger partial charge on any atom is -0.369 e. The maximum absolute atomic E-state index is 12.8. The van der Waals surface area contributed by atoms with Crippen LogP contribution < -0.4 is 5.73 Å². The molecule has 0 aliphatic heterocycles. The number of halogens is 4. The molecule has 10 heteroatoms. The molecule has 0 heterocycles. The summed E-state index contributed by atoms with van der Waals surface area (Å²) >= 11 is 5.48. The summed E-state index contributed by atoms with van der Waals surface area (Å²) in [6, 6.07) is 2.81. The zero-order valence-corrected chi connectivity index (χ0v) is 13.4. The number of hydrogen-bond donors (Lipinski definition) is 1. The largest absolute Gasteiger partial charge is 0.417 e. The van der Waals surface area contributed by atoms with Gasteiger partial charge in [0.1, 0.15) is 0 Å². The minimum absolute atomic E-state index is 0.111. The Labute approximate surface area is 136 Å². The van der Waals surface area contributed by atoms with Crippen molar-refractivity contribution in [1.29, 1.82) is 0 Å². The topological polar surface area (TPSA) is 80.5 Å². The number of nitrogens with zero attached hydrogens (tertiary/aromatic N) is 1. The molecule has 0 radical (unpaired) electrons. The molecule has 1 aromatic carbocycles. The normalized spacial score (nSPS) is 12.4. The molecule has 0 aliphatic carbocycles. The molecule has 0 atom stereocenters. The first-order valence-electron chi connectivity index (χ1n) is 6.20. The molecule has 2 N–H and O–H groups in total. The van der Waals surface area contributed by atoms with Crippen LogP contribution in [-0.4, -0.2) is 31.7 Å². The first-order valence-corrected chi connectivity index (χ1v) is 8.18. The first-order chi connectivity index (χ1) is 10.5. The average molecular weight is 371 g/mol. The lowest BCUT2D eigenvalue weighted by molar-refractivity contribution is -0.137. The van der Waals surface area contributed by atoms with Crippen LogP contribution in [0.4, 0.5) is 13.2 Å². The fourth-order valence-corrected chi connectivity index (χ4v) is 3.44. The SMILES string of the molecule is C=CCN(CC(N)=O)S(=O)(=O)Cc1ccc(Cl)c(C(F)(F)F)c1. The summed E-state index contributed by atoms with van der Waals surface area (Å²) in [5, 5.41) is -0.529. The van der Waals surface area contributed by atoms with Crippen molar-refractivity contribution in [3.63, 3.8) is 0 Å². The maximum Gasteiger partial charge on any atom is 0.417 e. The monoisotopic (exact) mass is 370 g/mol. The number of sulfonamides is 1. The first kappa shape index (κ1) is 19.5. The fourth-order valence-electron chi connectivity index (χ4n) is 1.78. The summed E-state index contributed by atoms with van der Waals surface area (Å²) in [5.74, 6) is -1.61. The highest BCUT2D eigenvalue weighted by molar-refractivity contribution is 7.88. The Morgan fingerprint density at radius 1 is 1.39 bits per heavy atom. The summed E-state index contributed by atoms with van der Waals surface area (Å²) in [4.78, 5) is 10.9. The van der Waals surface area contributed by atoms with E-state index in [0.717, 1.165) is 10.4 Å². The van der Waals surface area contributed by atoms with Crippen LogP contribution in [-0.2, 0) is 26.7 Å². The molecular weight excluding hydrogens is 357 g/mol. The van der Waals surface area contributed by atoms with Gasteiger partial charge in [0.25, 0.3) is 0 Å². The number of rotatable bonds is 7. The molecule has 0 saturated carbocycles. The Bertz CT molecular complexity index is 705. The van der Waals surface area contributed by atoms with E-state index in [1.807, 2.05) is 0 Å². The summed E-state index contributed by atoms with van der Waals surface area (Å²) in [5.41, 5.74) is 3.73. The van der Waals surface area contributed by atoms with Gasteiger partial charge >= 0.3 is 6.18 Å². The summed E-state index contributed by atoms with van der Waals surface area (Å²) in [6.45, 7) is 2.58. The van der Waals surface area contributed by atoms with E-state index in [2.05, 4.69) is 6.58 Å². The van der Waals surface area contributed by atoms with Gasteiger partial charge in [0.05, 0.1) is 22.9 Å². The number of carbonyl (C=O) groups is 1. The molecule has 0 bridgehead atoms. The molecule has 1 rings (SSSR count). The summed E-state index contributed by atoms with van der Waals surface area (Å²) in [6.07, 6.45) is -3.46. The van der Waals surface area contributed by atoms with Crippen molar-refractivity contribution in [2.45, 2.75) is 11.9 Å². The van der Waals surface area contributed by atoms with E-state index in [1.165, 1.54) is 12.1 Å². The van der Waals surface area contributed by atoms with Crippen LogP contribution in [0.25, 0.3) is 0 Å². The van der Waals surface area contributed by atoms with Crippen molar-refractivity contribution in [2.75, 3.05) is 13.1 Å². The number of amides is 1. The van der Waals surface area contributed by atoms with E-state index in [1.54, 1.807) is 0 Å². The van der Waals surface area contributed by atoms with Crippen LogP contribution in [0.2, 0.25) is 5.02 Å². The number of carbonyl (C=O) groups excluding carboxylic acids is 1. The third-order valence-electron chi connectivity index (χ3n) is 2.74. The zero-order valence-electron chi connectivity index (χ0n) is 11.8. The van der Waals surface area contributed by atoms with Crippen molar-refractivity contribution >= 4 is 27.5 Å². The van der Waals surface area contributed by atoms with Crippen molar-refractivity contribution in [3.05, 3.63) is 47.0 Å². The van der Waals surface area contributed by atoms with Gasteiger partial charge in [-0.15, -0.1) is 6.58 Å². The van der Waals surface area contributed by atoms with Gasteiger partial charge < -0.3 is 5.73 Å². The smallest absolute Gasteiger partial charge is 0.369 e. The number of benzene rings is 1. The van der Waals surface area contributed by atoms with Crippen molar-refractivity contribution < 1.29 is 26.4 Å². The third kappa shape index (κ3) is 5.52. The molecule has 0 aliphatic rings. The molecule has 5 nitrogen and oxygen atoms in total. The number of alkyl halides is 3. The lowest BCUT2D eigenvalue weighted by Crippen LogP contribution is -2.39. The van der Waals surface area contributed by atoms with E-state index < -0.39 is 45.0 Å². The molecular formula is C13H14ClF3N2O3S. The van der Waals surface area contributed by atoms with E-state index in [0.29, 0.717) is 6.07 Å². The van der Waals surface area contributed by atoms with Crippen LogP contribution in [0.3, 0.4) is 0 Å². The van der Waals surface area contributed by atoms with Gasteiger partial charge in [-0.2, -0.15) is 17.5 Å². The predicted octanol–water partition coefficient (Wildman–Crippen LogP) is 2.16. The van der Waals surface area contributed by atoms with Gasteiger partial charge in [-0.05, 0) is 17.7 Å². The molecule has 128 valence electrons. The van der Waals surface area contributed by atoms with E-state index in [4.69, 9.17) is 17.3 Å². The Morgan fingerprint density at radius 3 is 2.48 bits per heavy atom. The van der Waals surface area contributed by atoms with Gasteiger partial charge in [-0.3, -0.25) is 4.79 Å². The van der Waals surface area contributed by atoms with E-state index in [-0.39, 0.29) is 12.1 Å². The zero-order chi connectivity index (χ0) is 17.8. The second-order valence-corrected chi connectivity index (χ2v) is 6.99. The van der Waals surface area contributed by atoms with Crippen LogP contribution >= 0.6 is 11.6 Å². The predicted molar refractivity (Wildman–Crippen MR) is 80.0 cm³/mol. The summed E-state index contributed by atoms with van der Waals surface area (Å²) in [7, 11) is -4.06. The Morgan fingerprint density at radius 2 is 2.00 bits per heavy atom. The average Bonchev–Trinajstić information content (AvgIpc) is 2.38. The molecule has 1 aromatic rings. The van der Waals surface area contributed by atoms with Crippen molar-refractivity contribution in [2.24, 2.45) is 5.73 Å². The molecule has 0 spiro atoms. The van der Waals surface area contributed by atoms with Crippen molar-refractivity contribution in [3.8, 4) is 0 Å². The standard InChI is InChI=1S/C13H14ClF3N2O3S/c1-2-5-19(7-12(18)20)23(21,22)8-9-3-4-11(14)10(6-9)13(15,16)17/h2-4,6H,1,5,7-8H2,(H2,18,20). The highest BCUT2D eigenvalue weighted by Crippen LogP contribution is 2.35. The van der Waals surface area contributed by atoms with Crippen molar-refractivity contribution in [1.82, 2.24) is 4.31 Å². The van der Waals surface area contributed by atoms with Gasteiger partial charge in [-0.25, -0.2) is 8.42 Å². The molecule has 0 fully saturated rings. The van der Waals surface area contributed by atoms with Gasteiger partial charge in [-0.1, -0.05) is 23.7 Å². The second-order valence-electron chi connectivity index (χ2n) is 4.62. The third-order valence-corrected chi connectivity index (χ3v) is 4.84. The summed E-state index contributed by atoms with van der Waals surface area (Å²) < 4.78 is 63.6. The second kappa shape index (κ2) is 7.33. The molecule has 0 aromatic heterocycles. The Kier molecular flexibility index (Phi) is 6.20. The van der Waals surface area contributed by atoms with E-state index in [9.17, 15) is 26.4 Å². The maximum atomic E-state index is 12.8. The lowest BCUT2D eigenvalue weighted by Gasteiger charge is -2.19. The van der Waals surface area contributed by atoms with E-state index >= 15 is 0 Å². The molecule has 1 amide bonds. The van der Waals surface area contributed by atoms with Gasteiger partial charge in [0.2, 0.25) is 15.9 Å². The van der Waals surface area contributed by atoms with Gasteiger partial charge in [0, 0.05) is 6.54 Å². The quantitative estimate of drug-likeness (QED) is 0.747. The fraction of sp³-hybridized carbons (Fsp3) is 0.308. The molecule has 0 unspecified atom stereocenters. The Hall–Kier alpha value is -1.58. The molecule has 0 saturated heterocycles. The number of hydrogen-bond acceptors (Lipinski definition) is 3. The van der Waals surface area contributed by atoms with Crippen LogP contribution in [0.5, 0.6) is 0 Å². The number of primary amides is 1. The minimum atomic E-state index is -4.70. The van der Waals surface area contributed by atoms with Crippen LogP contribution in [0, 0.1) is 0 Å². The highest BCUT2D eigenvalue weighted by Gasteiger charge is 2.34. The molecule has 23 heavy (non-hydrogen) atoms. The van der Waals surface area contributed by atoms with Crippen LogP contribution in [0.15, 0.2) is 30.9 Å². The highest BCUT2D eigenvalue weighted by atomic mass is 35.5. The van der Waals surface area contributed by atoms with Crippen LogP contribution in [0.1, 0.15) is 11.1 Å².